The molecule has 0 aliphatic heterocycles. The van der Waals surface area contributed by atoms with Crippen molar-refractivity contribution in [2.75, 3.05) is 0 Å². The van der Waals surface area contributed by atoms with Crippen LogP contribution in [0.2, 0.25) is 0 Å². The topological polar surface area (TPSA) is 94.8 Å². The molecule has 0 amide bonds. The van der Waals surface area contributed by atoms with Crippen molar-refractivity contribution >= 4 is 11.8 Å². The van der Waals surface area contributed by atoms with Crippen LogP contribution < -0.4 is 0 Å². The number of carbonyl (C=O) groups is 2. The van der Waals surface area contributed by atoms with Gasteiger partial charge in [-0.15, -0.1) is 0 Å². The van der Waals surface area contributed by atoms with Crippen LogP contribution in [0.1, 0.15) is 51.9 Å². The van der Waals surface area contributed by atoms with Crippen LogP contribution in [0.3, 0.4) is 0 Å². The zero-order valence-electron chi connectivity index (χ0n) is 16.0. The smallest absolute Gasteiger partial charge is 0.303 e. The molecule has 1 rings (SSSR count). The van der Waals surface area contributed by atoms with Crippen molar-refractivity contribution < 1.29 is 24.9 Å². The van der Waals surface area contributed by atoms with Crippen LogP contribution in [0.25, 0.3) is 0 Å². The number of aliphatic hydroxyl groups excluding tert-OH is 2. The molecule has 1 fully saturated rings. The van der Waals surface area contributed by atoms with E-state index in [4.69, 9.17) is 5.11 Å². The van der Waals surface area contributed by atoms with Gasteiger partial charge in [-0.3, -0.25) is 9.59 Å². The lowest BCUT2D eigenvalue weighted by atomic mass is 9.89. The first-order chi connectivity index (χ1) is 13.0. The van der Waals surface area contributed by atoms with E-state index in [0.29, 0.717) is 6.42 Å². The molecule has 0 heterocycles. The number of allylic oxidation sites excluding steroid dienone is 6. The van der Waals surface area contributed by atoms with Crippen molar-refractivity contribution in [3.8, 4) is 0 Å². The van der Waals surface area contributed by atoms with Gasteiger partial charge >= 0.3 is 5.97 Å². The standard InChI is InChI=1S/C22H32O5/c1-2-3-4-5-6-7-8-9-10-11-17(23)12-13-18-19(14-15-22(26)27)21(25)16-20(18)24/h3-4,6-7,9-10,12-13,17-19,21,23,25H,2,5,8,11,14-16H2,1H3,(H,26,27)/b4-3-,7-6+,10-9-,13-12+/t17-,18+,19-,21+/m1/s1. The molecule has 0 radical (unpaired) electrons. The minimum Gasteiger partial charge on any atom is -0.481 e. The maximum atomic E-state index is 12.0. The minimum atomic E-state index is -0.940. The Kier molecular flexibility index (Phi) is 11.3. The number of carbonyl (C=O) groups excluding carboxylic acids is 1. The summed E-state index contributed by atoms with van der Waals surface area (Å²) in [5.41, 5.74) is 0. The maximum Gasteiger partial charge on any atom is 0.303 e. The fourth-order valence-corrected chi connectivity index (χ4v) is 3.15. The molecule has 3 N–H and O–H groups in total. The van der Waals surface area contributed by atoms with Crippen molar-refractivity contribution in [3.63, 3.8) is 0 Å². The summed E-state index contributed by atoms with van der Waals surface area (Å²) in [4.78, 5) is 22.7. The molecule has 5 nitrogen and oxygen atoms in total. The summed E-state index contributed by atoms with van der Waals surface area (Å²) in [6.45, 7) is 2.10. The summed E-state index contributed by atoms with van der Waals surface area (Å²) in [5, 5.41) is 28.8. The number of aliphatic carboxylic acids is 1. The number of aliphatic hydroxyl groups is 2. The summed E-state index contributed by atoms with van der Waals surface area (Å²) in [6, 6.07) is 0. The van der Waals surface area contributed by atoms with Crippen LogP contribution in [-0.2, 0) is 9.59 Å². The molecule has 0 aromatic carbocycles. The molecule has 1 aliphatic rings. The molecule has 150 valence electrons. The highest BCUT2D eigenvalue weighted by Gasteiger charge is 2.39. The molecular formula is C22H32O5. The first-order valence-corrected chi connectivity index (χ1v) is 9.69. The highest BCUT2D eigenvalue weighted by Crippen LogP contribution is 2.34. The number of rotatable bonds is 12. The van der Waals surface area contributed by atoms with Gasteiger partial charge in [-0.05, 0) is 38.0 Å². The summed E-state index contributed by atoms with van der Waals surface area (Å²) >= 11 is 0. The Morgan fingerprint density at radius 2 is 1.78 bits per heavy atom. The monoisotopic (exact) mass is 376 g/mol. The molecule has 1 aliphatic carbocycles. The molecule has 27 heavy (non-hydrogen) atoms. The van der Waals surface area contributed by atoms with E-state index in [1.807, 2.05) is 12.2 Å². The predicted octanol–water partition coefficient (Wildman–Crippen LogP) is 3.58. The van der Waals surface area contributed by atoms with Gasteiger partial charge in [-0.2, -0.15) is 0 Å². The fourth-order valence-electron chi connectivity index (χ4n) is 3.15. The Bertz CT molecular complexity index is 573. The molecule has 4 atom stereocenters. The Balaban J connectivity index is 2.40. The van der Waals surface area contributed by atoms with Gasteiger partial charge in [-0.25, -0.2) is 0 Å². The minimum absolute atomic E-state index is 0.0507. The third-order valence-electron chi connectivity index (χ3n) is 4.63. The van der Waals surface area contributed by atoms with Gasteiger partial charge in [0.1, 0.15) is 5.78 Å². The lowest BCUT2D eigenvalue weighted by Gasteiger charge is -2.17. The van der Waals surface area contributed by atoms with E-state index in [9.17, 15) is 19.8 Å². The number of Topliss-reactive ketones (excluding diaryl/α,β-unsaturated/α-hetero) is 1. The third kappa shape index (κ3) is 9.50. The van der Waals surface area contributed by atoms with Gasteiger partial charge in [-0.1, -0.05) is 55.5 Å². The molecule has 5 heteroatoms. The molecule has 0 aromatic rings. The van der Waals surface area contributed by atoms with Crippen molar-refractivity contribution in [3.05, 3.63) is 48.6 Å². The van der Waals surface area contributed by atoms with E-state index in [-0.39, 0.29) is 31.0 Å². The van der Waals surface area contributed by atoms with Crippen molar-refractivity contribution in [1.82, 2.24) is 0 Å². The zero-order valence-corrected chi connectivity index (χ0v) is 16.0. The zero-order chi connectivity index (χ0) is 20.1. The molecular weight excluding hydrogens is 344 g/mol. The quantitative estimate of drug-likeness (QED) is 0.453. The Morgan fingerprint density at radius 1 is 1.15 bits per heavy atom. The summed E-state index contributed by atoms with van der Waals surface area (Å²) in [5.74, 6) is -1.94. The third-order valence-corrected chi connectivity index (χ3v) is 4.63. The van der Waals surface area contributed by atoms with Gasteiger partial charge in [0.15, 0.2) is 0 Å². The summed E-state index contributed by atoms with van der Waals surface area (Å²) in [7, 11) is 0. The van der Waals surface area contributed by atoms with Crippen LogP contribution in [0.4, 0.5) is 0 Å². The first kappa shape index (κ1) is 23.1. The van der Waals surface area contributed by atoms with Crippen LogP contribution in [0, 0.1) is 11.8 Å². The largest absolute Gasteiger partial charge is 0.481 e. The SMILES string of the molecule is CC/C=C\C/C=C/C/C=C\C[C@@H](O)/C=C/[C@@H]1C(=O)C[C@H](O)[C@@H]1CCC(=O)O. The molecule has 0 unspecified atom stereocenters. The Morgan fingerprint density at radius 3 is 2.41 bits per heavy atom. The van der Waals surface area contributed by atoms with E-state index in [0.717, 1.165) is 19.3 Å². The Hall–Kier alpha value is -1.98. The van der Waals surface area contributed by atoms with Gasteiger partial charge in [0.05, 0.1) is 12.2 Å². The molecule has 1 saturated carbocycles. The molecule has 0 spiro atoms. The molecule has 0 saturated heterocycles. The lowest BCUT2D eigenvalue weighted by molar-refractivity contribution is -0.137. The number of carboxylic acids is 1. The van der Waals surface area contributed by atoms with Crippen molar-refractivity contribution in [2.24, 2.45) is 11.8 Å². The number of carboxylic acid groups (broad SMARTS) is 1. The average molecular weight is 376 g/mol. The Labute approximate surface area is 161 Å². The van der Waals surface area contributed by atoms with E-state index in [2.05, 4.69) is 31.2 Å². The van der Waals surface area contributed by atoms with Crippen molar-refractivity contribution in [1.29, 1.82) is 0 Å². The summed E-state index contributed by atoms with van der Waals surface area (Å²) < 4.78 is 0. The van der Waals surface area contributed by atoms with Crippen LogP contribution in [0.5, 0.6) is 0 Å². The second-order valence-corrected chi connectivity index (χ2v) is 6.84. The number of ketones is 1. The van der Waals surface area contributed by atoms with E-state index >= 15 is 0 Å². The van der Waals surface area contributed by atoms with Gasteiger partial charge < -0.3 is 15.3 Å². The van der Waals surface area contributed by atoms with Crippen LogP contribution in [0.15, 0.2) is 48.6 Å². The average Bonchev–Trinajstić information content (AvgIpc) is 2.89. The van der Waals surface area contributed by atoms with Gasteiger partial charge in [0, 0.05) is 18.8 Å². The van der Waals surface area contributed by atoms with E-state index < -0.39 is 24.1 Å². The highest BCUT2D eigenvalue weighted by atomic mass is 16.4. The predicted molar refractivity (Wildman–Crippen MR) is 106 cm³/mol. The van der Waals surface area contributed by atoms with Gasteiger partial charge in [0.25, 0.3) is 0 Å². The molecule has 0 aromatic heterocycles. The second kappa shape index (κ2) is 13.2. The van der Waals surface area contributed by atoms with Crippen LogP contribution >= 0.6 is 0 Å². The van der Waals surface area contributed by atoms with Crippen LogP contribution in [-0.4, -0.2) is 39.3 Å². The second-order valence-electron chi connectivity index (χ2n) is 6.84. The number of hydrogen-bond donors (Lipinski definition) is 3. The van der Waals surface area contributed by atoms with Gasteiger partial charge in [0.2, 0.25) is 0 Å². The van der Waals surface area contributed by atoms with E-state index in [1.54, 1.807) is 12.2 Å². The van der Waals surface area contributed by atoms with E-state index in [1.165, 1.54) is 0 Å². The first-order valence-electron chi connectivity index (χ1n) is 9.69. The fraction of sp³-hybridized carbons (Fsp3) is 0.545. The normalized spacial score (nSPS) is 24.9. The molecule has 0 bridgehead atoms. The van der Waals surface area contributed by atoms with Crippen molar-refractivity contribution in [2.45, 2.75) is 64.1 Å². The lowest BCUT2D eigenvalue weighted by Crippen LogP contribution is -2.20. The number of hydrogen-bond acceptors (Lipinski definition) is 4. The maximum absolute atomic E-state index is 12.0. The highest BCUT2D eigenvalue weighted by molar-refractivity contribution is 5.86. The summed E-state index contributed by atoms with van der Waals surface area (Å²) in [6.07, 6.45) is 17.5.